The van der Waals surface area contributed by atoms with Crippen LogP contribution in [0.3, 0.4) is 0 Å². The van der Waals surface area contributed by atoms with Gasteiger partial charge in [0.05, 0.1) is 6.04 Å². The first-order valence-electron chi connectivity index (χ1n) is 5.22. The molecule has 1 saturated carbocycles. The van der Waals surface area contributed by atoms with E-state index in [2.05, 4.69) is 5.32 Å². The lowest BCUT2D eigenvalue weighted by Crippen LogP contribution is -2.41. The molecule has 0 aromatic carbocycles. The number of nitrogens with one attached hydrogen (secondary N) is 1. The molecule has 0 spiro atoms. The van der Waals surface area contributed by atoms with Crippen molar-refractivity contribution in [3.05, 3.63) is 0 Å². The van der Waals surface area contributed by atoms with Crippen molar-refractivity contribution in [1.29, 1.82) is 0 Å². The Kier molecular flexibility index (Phi) is 2.54. The molecule has 0 aromatic rings. The Hall–Kier alpha value is -0.900. The molecule has 1 amide bonds. The van der Waals surface area contributed by atoms with Gasteiger partial charge in [-0.15, -0.1) is 0 Å². The van der Waals surface area contributed by atoms with E-state index in [-0.39, 0.29) is 17.7 Å². The summed E-state index contributed by atoms with van der Waals surface area (Å²) in [5.41, 5.74) is 0. The van der Waals surface area contributed by atoms with E-state index in [1.54, 1.807) is 11.9 Å². The van der Waals surface area contributed by atoms with Gasteiger partial charge in [0.1, 0.15) is 0 Å². The van der Waals surface area contributed by atoms with Crippen molar-refractivity contribution in [3.8, 4) is 0 Å². The highest BCUT2D eigenvalue weighted by atomic mass is 16.2. The first kappa shape index (κ1) is 9.65. The fourth-order valence-electron chi connectivity index (χ4n) is 1.60. The van der Waals surface area contributed by atoms with Crippen LogP contribution in [-0.2, 0) is 9.59 Å². The number of carbonyl (C=O) groups excluding carboxylic acids is 2. The second-order valence-corrected chi connectivity index (χ2v) is 4.18. The fraction of sp³-hybridized carbons (Fsp3) is 0.800. The lowest BCUT2D eigenvalue weighted by atomic mass is 10.1. The predicted octanol–water partition coefficient (Wildman–Crippen LogP) is -0.214. The number of rotatable bonds is 5. The van der Waals surface area contributed by atoms with Gasteiger partial charge in [-0.2, -0.15) is 0 Å². The molecule has 4 heteroatoms. The number of carbonyl (C=O) groups is 2. The summed E-state index contributed by atoms with van der Waals surface area (Å²) in [6.07, 6.45) is 3.25. The molecule has 1 aliphatic carbocycles. The lowest BCUT2D eigenvalue weighted by molar-refractivity contribution is -0.142. The zero-order valence-corrected chi connectivity index (χ0v) is 8.45. The maximum Gasteiger partial charge on any atom is 0.291 e. The average Bonchev–Trinajstić information content (AvgIpc) is 3.03. The minimum absolute atomic E-state index is 0.253. The summed E-state index contributed by atoms with van der Waals surface area (Å²) < 4.78 is 0. The van der Waals surface area contributed by atoms with Gasteiger partial charge in [0.2, 0.25) is 5.78 Å². The smallest absolute Gasteiger partial charge is 0.291 e. The quantitative estimate of drug-likeness (QED) is 0.489. The van der Waals surface area contributed by atoms with Crippen LogP contribution in [0.1, 0.15) is 19.3 Å². The third-order valence-electron chi connectivity index (χ3n) is 2.88. The Labute approximate surface area is 83.6 Å². The standard InChI is InChI=1S/C10H16N2O2/c1-11-8(6-7-2-3-7)9(13)10(14)12-4-5-12/h7-8,11H,2-6H2,1H3. The summed E-state index contributed by atoms with van der Waals surface area (Å²) in [6, 6.07) is -0.254. The van der Waals surface area contributed by atoms with E-state index in [0.717, 1.165) is 19.5 Å². The molecule has 78 valence electrons. The number of Topliss-reactive ketones (excluding diaryl/α,β-unsaturated/α-hetero) is 1. The van der Waals surface area contributed by atoms with Crippen LogP contribution < -0.4 is 5.32 Å². The van der Waals surface area contributed by atoms with Gasteiger partial charge in [-0.25, -0.2) is 0 Å². The molecular formula is C10H16N2O2. The summed E-state index contributed by atoms with van der Waals surface area (Å²) in [7, 11) is 1.75. The summed E-state index contributed by atoms with van der Waals surface area (Å²) in [5, 5.41) is 2.94. The van der Waals surface area contributed by atoms with Crippen molar-refractivity contribution in [2.75, 3.05) is 20.1 Å². The van der Waals surface area contributed by atoms with E-state index < -0.39 is 0 Å². The Balaban J connectivity index is 1.88. The van der Waals surface area contributed by atoms with Crippen LogP contribution in [0.25, 0.3) is 0 Å². The maximum absolute atomic E-state index is 11.7. The molecule has 4 nitrogen and oxygen atoms in total. The summed E-state index contributed by atoms with van der Waals surface area (Å²) in [5.74, 6) is 0.111. The SMILES string of the molecule is CNC(CC1CC1)C(=O)C(=O)N1CC1. The third kappa shape index (κ3) is 2.12. The largest absolute Gasteiger partial charge is 0.333 e. The van der Waals surface area contributed by atoms with E-state index >= 15 is 0 Å². The van der Waals surface area contributed by atoms with E-state index in [4.69, 9.17) is 0 Å². The molecule has 1 unspecified atom stereocenters. The zero-order chi connectivity index (χ0) is 10.1. The Morgan fingerprint density at radius 2 is 2.07 bits per heavy atom. The molecular weight excluding hydrogens is 180 g/mol. The van der Waals surface area contributed by atoms with Crippen molar-refractivity contribution in [2.24, 2.45) is 5.92 Å². The van der Waals surface area contributed by atoms with E-state index in [1.165, 1.54) is 12.8 Å². The van der Waals surface area contributed by atoms with Crippen molar-refractivity contribution in [1.82, 2.24) is 10.2 Å². The van der Waals surface area contributed by atoms with Crippen LogP contribution in [0, 0.1) is 5.92 Å². The molecule has 0 radical (unpaired) electrons. The molecule has 2 fully saturated rings. The van der Waals surface area contributed by atoms with Crippen LogP contribution >= 0.6 is 0 Å². The van der Waals surface area contributed by atoms with E-state index in [9.17, 15) is 9.59 Å². The number of hydrogen-bond donors (Lipinski definition) is 1. The highest BCUT2D eigenvalue weighted by molar-refractivity contribution is 6.38. The molecule has 1 atom stereocenters. The molecule has 1 aliphatic heterocycles. The molecule has 0 aromatic heterocycles. The Bertz CT molecular complexity index is 257. The number of amides is 1. The predicted molar refractivity (Wildman–Crippen MR) is 51.8 cm³/mol. The number of nitrogens with zero attached hydrogens (tertiary/aromatic N) is 1. The lowest BCUT2D eigenvalue weighted by Gasteiger charge is -2.13. The van der Waals surface area contributed by atoms with Gasteiger partial charge >= 0.3 is 0 Å². The summed E-state index contributed by atoms with van der Waals surface area (Å²) >= 11 is 0. The third-order valence-corrected chi connectivity index (χ3v) is 2.88. The van der Waals surface area contributed by atoms with E-state index in [1.807, 2.05) is 0 Å². The molecule has 14 heavy (non-hydrogen) atoms. The van der Waals surface area contributed by atoms with Crippen LogP contribution in [0.4, 0.5) is 0 Å². The highest BCUT2D eigenvalue weighted by Gasteiger charge is 2.36. The minimum atomic E-state index is -0.301. The molecule has 1 heterocycles. The van der Waals surface area contributed by atoms with Gasteiger partial charge in [-0.1, -0.05) is 12.8 Å². The maximum atomic E-state index is 11.7. The fourth-order valence-corrected chi connectivity index (χ4v) is 1.60. The normalized spacial score (nSPS) is 21.9. The minimum Gasteiger partial charge on any atom is -0.333 e. The van der Waals surface area contributed by atoms with Crippen LogP contribution in [0.2, 0.25) is 0 Å². The molecule has 2 rings (SSSR count). The van der Waals surface area contributed by atoms with Crippen molar-refractivity contribution >= 4 is 11.7 Å². The molecule has 2 aliphatic rings. The Morgan fingerprint density at radius 3 is 2.50 bits per heavy atom. The topological polar surface area (TPSA) is 49.2 Å². The van der Waals surface area contributed by atoms with Crippen molar-refractivity contribution < 1.29 is 9.59 Å². The monoisotopic (exact) mass is 196 g/mol. The van der Waals surface area contributed by atoms with Crippen molar-refractivity contribution in [2.45, 2.75) is 25.3 Å². The average molecular weight is 196 g/mol. The first-order chi connectivity index (χ1) is 6.72. The summed E-state index contributed by atoms with van der Waals surface area (Å²) in [6.45, 7) is 1.51. The van der Waals surface area contributed by atoms with Gasteiger partial charge in [0.15, 0.2) is 0 Å². The van der Waals surface area contributed by atoms with Crippen molar-refractivity contribution in [3.63, 3.8) is 0 Å². The first-order valence-corrected chi connectivity index (χ1v) is 5.22. The van der Waals surface area contributed by atoms with Crippen LogP contribution in [-0.4, -0.2) is 42.8 Å². The van der Waals surface area contributed by atoms with Crippen LogP contribution in [0.5, 0.6) is 0 Å². The number of likely N-dealkylation sites (N-methyl/N-ethyl adjacent to an activating group) is 1. The zero-order valence-electron chi connectivity index (χ0n) is 8.45. The molecule has 1 N–H and O–H groups in total. The van der Waals surface area contributed by atoms with Gasteiger partial charge in [-0.05, 0) is 19.4 Å². The summed E-state index contributed by atoms with van der Waals surface area (Å²) in [4.78, 5) is 24.7. The Morgan fingerprint density at radius 1 is 1.43 bits per heavy atom. The van der Waals surface area contributed by atoms with Crippen LogP contribution in [0.15, 0.2) is 0 Å². The second kappa shape index (κ2) is 3.69. The molecule has 1 saturated heterocycles. The number of ketones is 1. The van der Waals surface area contributed by atoms with E-state index in [0.29, 0.717) is 5.92 Å². The number of hydrogen-bond acceptors (Lipinski definition) is 3. The van der Waals surface area contributed by atoms with Gasteiger partial charge in [0, 0.05) is 13.1 Å². The van der Waals surface area contributed by atoms with Gasteiger partial charge in [-0.3, -0.25) is 9.59 Å². The second-order valence-electron chi connectivity index (χ2n) is 4.18. The highest BCUT2D eigenvalue weighted by Crippen LogP contribution is 2.33. The van der Waals surface area contributed by atoms with Gasteiger partial charge in [0.25, 0.3) is 5.91 Å². The molecule has 0 bridgehead atoms. The van der Waals surface area contributed by atoms with Gasteiger partial charge < -0.3 is 10.2 Å².